The number of amides is 1. The molecule has 0 fully saturated rings. The molecule has 0 aromatic rings. The van der Waals surface area contributed by atoms with E-state index in [9.17, 15) is 31.5 Å². The number of nitrogens with zero attached hydrogens (tertiary/aromatic N) is 1. The van der Waals surface area contributed by atoms with E-state index in [-0.39, 0.29) is 6.54 Å². The summed E-state index contributed by atoms with van der Waals surface area (Å²) in [5, 5.41) is 10.4. The fourth-order valence-electron chi connectivity index (χ4n) is 0.945. The maximum Gasteiger partial charge on any atom is 0.523 e. The lowest BCUT2D eigenvalue weighted by atomic mass is 10.5. The van der Waals surface area contributed by atoms with Crippen LogP contribution in [0.5, 0.6) is 0 Å². The molecule has 0 radical (unpaired) electrons. The van der Waals surface area contributed by atoms with Crippen molar-refractivity contribution in [3.8, 4) is 0 Å². The third kappa shape index (κ3) is 2.44. The molecule has 1 unspecified atom stereocenters. The standard InChI is InChI=1S/C6H6F3NO5S/c7-6(8,9)16(13,14)15-4-2-1-3-10(4)5(11)12/h1-2,4H,3H2,(H,11,12)/p-1. The fraction of sp³-hybridized carbons (Fsp3) is 0.500. The van der Waals surface area contributed by atoms with Crippen LogP contribution in [0.2, 0.25) is 0 Å². The molecule has 0 spiro atoms. The summed E-state index contributed by atoms with van der Waals surface area (Å²) in [5.74, 6) is 0. The summed E-state index contributed by atoms with van der Waals surface area (Å²) < 4.78 is 60.5. The second kappa shape index (κ2) is 3.94. The highest BCUT2D eigenvalue weighted by Crippen LogP contribution is 2.27. The Bertz CT molecular complexity index is 414. The number of carbonyl (C=O) groups excluding carboxylic acids is 1. The van der Waals surface area contributed by atoms with Crippen LogP contribution in [0.25, 0.3) is 0 Å². The van der Waals surface area contributed by atoms with E-state index < -0.39 is 27.9 Å². The fourth-order valence-corrected chi connectivity index (χ4v) is 1.48. The van der Waals surface area contributed by atoms with Gasteiger partial charge in [0.15, 0.2) is 6.23 Å². The van der Waals surface area contributed by atoms with Crippen LogP contribution in [0.4, 0.5) is 18.0 Å². The molecule has 10 heteroatoms. The van der Waals surface area contributed by atoms with Gasteiger partial charge in [-0.25, -0.2) is 4.18 Å². The Balaban J connectivity index is 2.83. The first kappa shape index (κ1) is 12.8. The van der Waals surface area contributed by atoms with Crippen LogP contribution in [-0.2, 0) is 14.3 Å². The summed E-state index contributed by atoms with van der Waals surface area (Å²) in [4.78, 5) is 10.7. The highest BCUT2D eigenvalue weighted by Gasteiger charge is 2.49. The molecular weight excluding hydrogens is 255 g/mol. The summed E-state index contributed by atoms with van der Waals surface area (Å²) in [6.07, 6.45) is -1.64. The number of hydrogen-bond acceptors (Lipinski definition) is 5. The summed E-state index contributed by atoms with van der Waals surface area (Å²) >= 11 is 0. The largest absolute Gasteiger partial charge is 0.530 e. The third-order valence-electron chi connectivity index (χ3n) is 1.65. The quantitative estimate of drug-likeness (QED) is 0.375. The van der Waals surface area contributed by atoms with E-state index in [0.717, 1.165) is 12.2 Å². The van der Waals surface area contributed by atoms with E-state index in [4.69, 9.17) is 0 Å². The number of hydrogen-bond donors (Lipinski definition) is 0. The molecule has 0 bridgehead atoms. The molecule has 1 amide bonds. The number of rotatable bonds is 2. The average molecular weight is 260 g/mol. The highest BCUT2D eigenvalue weighted by atomic mass is 32.2. The molecule has 1 aliphatic rings. The number of carboxylic acid groups (broad SMARTS) is 1. The van der Waals surface area contributed by atoms with Gasteiger partial charge in [-0.2, -0.15) is 21.6 Å². The van der Waals surface area contributed by atoms with Crippen LogP contribution in [0.15, 0.2) is 12.2 Å². The molecule has 1 rings (SSSR count). The van der Waals surface area contributed by atoms with Crippen molar-refractivity contribution in [1.82, 2.24) is 4.90 Å². The molecule has 0 saturated carbocycles. The van der Waals surface area contributed by atoms with Gasteiger partial charge in [-0.1, -0.05) is 6.08 Å². The number of carbonyl (C=O) groups is 1. The van der Waals surface area contributed by atoms with E-state index >= 15 is 0 Å². The lowest BCUT2D eigenvalue weighted by molar-refractivity contribution is -0.269. The van der Waals surface area contributed by atoms with Gasteiger partial charge in [0, 0.05) is 6.54 Å². The van der Waals surface area contributed by atoms with E-state index in [1.165, 1.54) is 0 Å². The Labute approximate surface area is 88.0 Å². The van der Waals surface area contributed by atoms with Gasteiger partial charge in [0.1, 0.15) is 6.09 Å². The normalized spacial score (nSPS) is 21.4. The van der Waals surface area contributed by atoms with Crippen molar-refractivity contribution < 1.29 is 35.7 Å². The van der Waals surface area contributed by atoms with Crippen molar-refractivity contribution in [1.29, 1.82) is 0 Å². The van der Waals surface area contributed by atoms with E-state index in [0.29, 0.717) is 4.90 Å². The predicted octanol–water partition coefficient (Wildman–Crippen LogP) is -0.606. The molecule has 1 aliphatic heterocycles. The zero-order chi connectivity index (χ0) is 12.6. The molecular formula is C6H5F3NO5S-. The molecule has 0 aromatic heterocycles. The minimum absolute atomic E-state index is 0.291. The van der Waals surface area contributed by atoms with Gasteiger partial charge in [0.2, 0.25) is 0 Å². The maximum absolute atomic E-state index is 11.9. The van der Waals surface area contributed by atoms with E-state index in [1.54, 1.807) is 0 Å². The first-order valence-corrected chi connectivity index (χ1v) is 5.20. The zero-order valence-corrected chi connectivity index (χ0v) is 8.29. The van der Waals surface area contributed by atoms with Crippen LogP contribution in [0.1, 0.15) is 0 Å². The minimum atomic E-state index is -5.83. The lowest BCUT2D eigenvalue weighted by Crippen LogP contribution is -2.47. The molecule has 92 valence electrons. The van der Waals surface area contributed by atoms with Gasteiger partial charge in [-0.3, -0.25) is 0 Å². The second-order valence-corrected chi connectivity index (χ2v) is 4.30. The van der Waals surface area contributed by atoms with Crippen LogP contribution >= 0.6 is 0 Å². The summed E-state index contributed by atoms with van der Waals surface area (Å²) in [6.45, 7) is -0.291. The molecule has 0 aromatic carbocycles. The van der Waals surface area contributed by atoms with Crippen LogP contribution in [0.3, 0.4) is 0 Å². The summed E-state index contributed by atoms with van der Waals surface area (Å²) in [5.41, 5.74) is -5.60. The van der Waals surface area contributed by atoms with Crippen molar-refractivity contribution in [2.24, 2.45) is 0 Å². The summed E-state index contributed by atoms with van der Waals surface area (Å²) in [6, 6.07) is 0. The first-order valence-electron chi connectivity index (χ1n) is 3.79. The van der Waals surface area contributed by atoms with Gasteiger partial charge in [0.25, 0.3) is 0 Å². The predicted molar refractivity (Wildman–Crippen MR) is 41.1 cm³/mol. The molecule has 6 nitrogen and oxygen atoms in total. The third-order valence-corrected chi connectivity index (χ3v) is 2.67. The topological polar surface area (TPSA) is 86.7 Å². The highest BCUT2D eigenvalue weighted by molar-refractivity contribution is 7.87. The van der Waals surface area contributed by atoms with Crippen molar-refractivity contribution >= 4 is 16.2 Å². The number of halogens is 3. The second-order valence-electron chi connectivity index (χ2n) is 2.73. The molecule has 0 N–H and O–H groups in total. The van der Waals surface area contributed by atoms with Crippen molar-refractivity contribution in [3.63, 3.8) is 0 Å². The van der Waals surface area contributed by atoms with Crippen molar-refractivity contribution in [2.45, 2.75) is 11.7 Å². The van der Waals surface area contributed by atoms with Crippen LogP contribution < -0.4 is 5.11 Å². The van der Waals surface area contributed by atoms with Gasteiger partial charge >= 0.3 is 15.6 Å². The Morgan fingerprint density at radius 3 is 2.50 bits per heavy atom. The molecule has 0 aliphatic carbocycles. The molecule has 1 atom stereocenters. The van der Waals surface area contributed by atoms with Gasteiger partial charge < -0.3 is 14.8 Å². The van der Waals surface area contributed by atoms with Crippen molar-refractivity contribution in [2.75, 3.05) is 6.54 Å². The first-order chi connectivity index (χ1) is 7.15. The maximum atomic E-state index is 11.9. The van der Waals surface area contributed by atoms with Crippen LogP contribution in [-0.4, -0.2) is 37.7 Å². The summed E-state index contributed by atoms with van der Waals surface area (Å²) in [7, 11) is -5.83. The minimum Gasteiger partial charge on any atom is -0.530 e. The van der Waals surface area contributed by atoms with Gasteiger partial charge in [0.05, 0.1) is 0 Å². The number of alkyl halides is 3. The molecule has 16 heavy (non-hydrogen) atoms. The average Bonchev–Trinajstić information content (AvgIpc) is 2.49. The Hall–Kier alpha value is -1.29. The smallest absolute Gasteiger partial charge is 0.523 e. The Morgan fingerprint density at radius 1 is 1.50 bits per heavy atom. The molecule has 0 saturated heterocycles. The van der Waals surface area contributed by atoms with Gasteiger partial charge in [-0.15, -0.1) is 0 Å². The van der Waals surface area contributed by atoms with E-state index in [1.807, 2.05) is 0 Å². The van der Waals surface area contributed by atoms with Crippen LogP contribution in [0, 0.1) is 0 Å². The SMILES string of the molecule is O=C([O-])N1CC=CC1OS(=O)(=O)C(F)(F)F. The Morgan fingerprint density at radius 2 is 2.06 bits per heavy atom. The monoisotopic (exact) mass is 260 g/mol. The van der Waals surface area contributed by atoms with E-state index in [2.05, 4.69) is 4.18 Å². The lowest BCUT2D eigenvalue weighted by Gasteiger charge is -2.26. The van der Waals surface area contributed by atoms with Gasteiger partial charge in [-0.05, 0) is 6.08 Å². The Kier molecular flexibility index (Phi) is 3.15. The van der Waals surface area contributed by atoms with Crippen molar-refractivity contribution in [3.05, 3.63) is 12.2 Å². The zero-order valence-electron chi connectivity index (χ0n) is 7.47. The molecule has 1 heterocycles.